The highest BCUT2D eigenvalue weighted by Gasteiger charge is 2.29. The van der Waals surface area contributed by atoms with Crippen molar-refractivity contribution in [3.63, 3.8) is 0 Å². The molecule has 278 valence electrons. The molecule has 0 saturated carbocycles. The van der Waals surface area contributed by atoms with Crippen LogP contribution in [0.4, 0.5) is 5.69 Å². The number of methoxy groups -OCH3 is 1. The van der Waals surface area contributed by atoms with Crippen LogP contribution in [0.3, 0.4) is 0 Å². The van der Waals surface area contributed by atoms with Crippen LogP contribution in [0.15, 0.2) is 12.1 Å². The number of hydrogen-bond donors (Lipinski definition) is 2. The van der Waals surface area contributed by atoms with Gasteiger partial charge >= 0.3 is 5.97 Å². The molecule has 3 aromatic rings. The Labute approximate surface area is 297 Å². The zero-order valence-electron chi connectivity index (χ0n) is 32.6. The van der Waals surface area contributed by atoms with Crippen molar-refractivity contribution < 1.29 is 28.9 Å². The van der Waals surface area contributed by atoms with Crippen molar-refractivity contribution in [1.82, 2.24) is 19.4 Å². The number of carboxylic acid groups (broad SMARTS) is 1. The van der Waals surface area contributed by atoms with Gasteiger partial charge in [-0.3, -0.25) is 15.0 Å². The van der Waals surface area contributed by atoms with Crippen LogP contribution in [-0.2, 0) is 21.5 Å². The van der Waals surface area contributed by atoms with Crippen LogP contribution in [0, 0.1) is 10.8 Å². The molecule has 0 amide bonds. The number of benzene rings is 1. The maximum absolute atomic E-state index is 14.0. The number of morpholine rings is 1. The minimum Gasteiger partial charge on any atom is -0.494 e. The topological polar surface area (TPSA) is 144 Å². The molecule has 1 aliphatic rings. The molecule has 12 heteroatoms. The van der Waals surface area contributed by atoms with Gasteiger partial charge in [-0.1, -0.05) is 62.3 Å². The number of aromatic nitrogens is 4. The number of aliphatic carboxylic acids is 1. The monoisotopic (exact) mass is 696 g/mol. The van der Waals surface area contributed by atoms with E-state index in [1.54, 1.807) is 27.9 Å². The Balaban J connectivity index is 0.000000872. The van der Waals surface area contributed by atoms with Crippen molar-refractivity contribution in [3.8, 4) is 11.6 Å². The summed E-state index contributed by atoms with van der Waals surface area (Å²) in [5, 5.41) is 26.9. The van der Waals surface area contributed by atoms with Crippen molar-refractivity contribution >= 4 is 23.1 Å². The Morgan fingerprint density at radius 1 is 0.960 bits per heavy atom. The van der Waals surface area contributed by atoms with Gasteiger partial charge in [-0.15, -0.1) is 10.2 Å². The van der Waals surface area contributed by atoms with Gasteiger partial charge in [-0.25, -0.2) is 4.68 Å². The first-order valence-electron chi connectivity index (χ1n) is 17.8. The van der Waals surface area contributed by atoms with E-state index in [9.17, 15) is 9.59 Å². The number of ether oxygens (including phenoxy) is 3. The Morgan fingerprint density at radius 2 is 1.52 bits per heavy atom. The molecule has 1 aliphatic heterocycles. The smallest absolute Gasteiger partial charge is 0.308 e. The lowest BCUT2D eigenvalue weighted by atomic mass is 9.84. The van der Waals surface area contributed by atoms with Gasteiger partial charge in [0.2, 0.25) is 11.5 Å². The Kier molecular flexibility index (Phi) is 13.3. The molecule has 1 fully saturated rings. The molecule has 1 aromatic carbocycles. The number of hydrogen-bond acceptors (Lipinski definition) is 9. The molecule has 1 saturated heterocycles. The number of nitrogens with one attached hydrogen (secondary N) is 1. The predicted octanol–water partition coefficient (Wildman–Crippen LogP) is 6.97. The van der Waals surface area contributed by atoms with Gasteiger partial charge in [0.1, 0.15) is 12.3 Å². The highest BCUT2D eigenvalue weighted by molar-refractivity contribution is 5.98. The third-order valence-electron chi connectivity index (χ3n) is 8.85. The van der Waals surface area contributed by atoms with E-state index in [4.69, 9.17) is 34.9 Å². The Morgan fingerprint density at radius 3 is 1.98 bits per heavy atom. The van der Waals surface area contributed by atoms with E-state index in [0.29, 0.717) is 30.3 Å². The summed E-state index contributed by atoms with van der Waals surface area (Å²) in [6, 6.07) is 3.85. The fourth-order valence-corrected chi connectivity index (χ4v) is 5.81. The predicted molar refractivity (Wildman–Crippen MR) is 196 cm³/mol. The molecule has 3 heterocycles. The second kappa shape index (κ2) is 16.4. The van der Waals surface area contributed by atoms with E-state index in [1.165, 1.54) is 9.20 Å². The lowest BCUT2D eigenvalue weighted by Crippen LogP contribution is -2.37. The number of carboxylic acids is 1. The number of rotatable bonds is 11. The molecule has 12 nitrogen and oxygen atoms in total. The van der Waals surface area contributed by atoms with Gasteiger partial charge in [0.05, 0.1) is 37.5 Å². The van der Waals surface area contributed by atoms with Crippen LogP contribution in [0.5, 0.6) is 11.6 Å². The highest BCUT2D eigenvalue weighted by atomic mass is 16.5. The van der Waals surface area contributed by atoms with Crippen LogP contribution in [0.1, 0.15) is 135 Å². The number of carbonyl (C=O) groups excluding carboxylic acids is 1. The molecule has 2 aromatic heterocycles. The zero-order chi connectivity index (χ0) is 37.7. The highest BCUT2D eigenvalue weighted by Crippen LogP contribution is 2.41. The number of nitrogens with zero attached hydrogens (tertiary/aromatic N) is 5. The first-order valence-corrected chi connectivity index (χ1v) is 17.8. The molecule has 0 radical (unpaired) electrons. The van der Waals surface area contributed by atoms with Crippen molar-refractivity contribution in [2.24, 2.45) is 5.41 Å². The minimum absolute atomic E-state index is 0.0293. The molecule has 0 atom stereocenters. The van der Waals surface area contributed by atoms with Crippen molar-refractivity contribution in [2.75, 3.05) is 38.3 Å². The summed E-state index contributed by atoms with van der Waals surface area (Å²) in [5.41, 5.74) is 4.21. The molecule has 0 bridgehead atoms. The Bertz CT molecular complexity index is 1700. The first kappa shape index (κ1) is 40.5. The third-order valence-corrected chi connectivity index (χ3v) is 8.85. The SMILES string of the molecule is CC(C)(C)C(=O)O.CCC(CC)Oc1nn2c(=N)n(CC(=O)c3cc(N4CCOCC4)c(OC)c(C(C)(C)C)c3)nc2c(C(C)C)c1C(C)C. The number of carbonyl (C=O) groups is 2. The molecular formula is C38H60N6O6. The third kappa shape index (κ3) is 9.24. The second-order valence-electron chi connectivity index (χ2n) is 15.6. The summed E-state index contributed by atoms with van der Waals surface area (Å²) >= 11 is 0. The number of fused-ring (bicyclic) bond motifs is 1. The first-order chi connectivity index (χ1) is 23.3. The number of ketones is 1. The molecule has 2 N–H and O–H groups in total. The molecule has 4 rings (SSSR count). The molecule has 0 unspecified atom stereocenters. The standard InChI is InChI=1S/C33H50N6O4.C5H10O2/c1-11-23(12-2)43-31-28(21(5)6)27(20(3)4)30-35-38(32(34)39(30)36-31)19-26(40)22-17-24(33(7,8)9)29(41-10)25(18-22)37-13-15-42-16-14-37;1-5(2,3)4(6)7/h17-18,20-21,23,34H,11-16,19H2,1-10H3;1-3H3,(H,6,7). The normalized spacial score (nSPS) is 14.0. The minimum atomic E-state index is -0.757. The van der Waals surface area contributed by atoms with Crippen molar-refractivity contribution in [2.45, 2.75) is 126 Å². The van der Waals surface area contributed by atoms with Gasteiger partial charge in [0.15, 0.2) is 11.4 Å². The maximum atomic E-state index is 14.0. The fourth-order valence-electron chi connectivity index (χ4n) is 5.81. The van der Waals surface area contributed by atoms with E-state index >= 15 is 0 Å². The molecule has 50 heavy (non-hydrogen) atoms. The number of anilines is 1. The Hall–Kier alpha value is -3.93. The van der Waals surface area contributed by atoms with Gasteiger partial charge in [0.25, 0.3) is 0 Å². The summed E-state index contributed by atoms with van der Waals surface area (Å²) in [6.07, 6.45) is 1.76. The second-order valence-corrected chi connectivity index (χ2v) is 15.6. The summed E-state index contributed by atoms with van der Waals surface area (Å²) in [6.45, 7) is 26.6. The van der Waals surface area contributed by atoms with Crippen LogP contribution < -0.4 is 20.0 Å². The van der Waals surface area contributed by atoms with Crippen LogP contribution >= 0.6 is 0 Å². The van der Waals surface area contributed by atoms with Crippen LogP contribution in [0.25, 0.3) is 5.65 Å². The van der Waals surface area contributed by atoms with Gasteiger partial charge in [-0.2, -0.15) is 4.52 Å². The van der Waals surface area contributed by atoms with Crippen LogP contribution in [0.2, 0.25) is 0 Å². The van der Waals surface area contributed by atoms with Crippen molar-refractivity contribution in [3.05, 3.63) is 40.0 Å². The molecule has 0 aliphatic carbocycles. The quantitative estimate of drug-likeness (QED) is 0.203. The van der Waals surface area contributed by atoms with Crippen molar-refractivity contribution in [1.29, 1.82) is 5.41 Å². The lowest BCUT2D eigenvalue weighted by molar-refractivity contribution is -0.145. The van der Waals surface area contributed by atoms with E-state index in [-0.39, 0.29) is 41.3 Å². The van der Waals surface area contributed by atoms with E-state index in [2.05, 4.69) is 67.2 Å². The van der Waals surface area contributed by atoms with Gasteiger partial charge < -0.3 is 24.2 Å². The summed E-state index contributed by atoms with van der Waals surface area (Å²) in [4.78, 5) is 26.2. The summed E-state index contributed by atoms with van der Waals surface area (Å²) in [5.74, 6) is 0.702. The summed E-state index contributed by atoms with van der Waals surface area (Å²) in [7, 11) is 1.68. The lowest BCUT2D eigenvalue weighted by Gasteiger charge is -2.33. The molecule has 0 spiro atoms. The average Bonchev–Trinajstić information content (AvgIpc) is 3.35. The zero-order valence-corrected chi connectivity index (χ0v) is 32.6. The van der Waals surface area contributed by atoms with Crippen LogP contribution in [-0.4, -0.2) is 75.8 Å². The largest absolute Gasteiger partial charge is 0.494 e. The summed E-state index contributed by atoms with van der Waals surface area (Å²) < 4.78 is 20.9. The molecular weight excluding hydrogens is 636 g/mol. The fraction of sp³-hybridized carbons (Fsp3) is 0.658. The van der Waals surface area contributed by atoms with Gasteiger partial charge in [-0.05, 0) is 63.0 Å². The number of Topliss-reactive ketones (excluding diaryl/α,β-unsaturated/α-hetero) is 1. The van der Waals surface area contributed by atoms with Gasteiger partial charge in [0, 0.05) is 35.3 Å². The maximum Gasteiger partial charge on any atom is 0.308 e. The van der Waals surface area contributed by atoms with E-state index < -0.39 is 11.4 Å². The average molecular weight is 697 g/mol. The van der Waals surface area contributed by atoms with E-state index in [1.807, 2.05) is 12.1 Å². The van der Waals surface area contributed by atoms with E-state index in [0.717, 1.165) is 54.1 Å².